The molecule has 2 aromatic carbocycles. The molecule has 5 rings (SSSR count). The number of nitrogens with one attached hydrogen (secondary N) is 2. The lowest BCUT2D eigenvalue weighted by Crippen LogP contribution is -2.59. The van der Waals surface area contributed by atoms with Crippen LogP contribution in [0.2, 0.25) is 0 Å². The molecule has 0 unspecified atom stereocenters. The first-order valence-electron chi connectivity index (χ1n) is 9.97. The van der Waals surface area contributed by atoms with E-state index in [1.807, 2.05) is 36.5 Å². The Morgan fingerprint density at radius 1 is 1.07 bits per heavy atom. The molecule has 0 aliphatic carbocycles. The fraction of sp³-hybridized carbons (Fsp3) is 0.348. The minimum Gasteiger partial charge on any atom is -0.378 e. The Kier molecular flexibility index (Phi) is 4.41. The number of hydrogen-bond acceptors (Lipinski definition) is 3. The molecule has 28 heavy (non-hydrogen) atoms. The molecule has 1 aromatic heterocycles. The second kappa shape index (κ2) is 7.08. The fourth-order valence-corrected chi connectivity index (χ4v) is 4.68. The van der Waals surface area contributed by atoms with E-state index in [1.54, 1.807) is 0 Å². The van der Waals surface area contributed by atoms with Gasteiger partial charge in [-0.05, 0) is 25.5 Å². The molecule has 0 radical (unpaired) electrons. The molecule has 3 atom stereocenters. The van der Waals surface area contributed by atoms with Gasteiger partial charge in [-0.25, -0.2) is 0 Å². The van der Waals surface area contributed by atoms with Crippen LogP contribution < -0.4 is 5.32 Å². The predicted molar refractivity (Wildman–Crippen MR) is 110 cm³/mol. The third kappa shape index (κ3) is 3.01. The second-order valence-corrected chi connectivity index (χ2v) is 7.95. The van der Waals surface area contributed by atoms with Crippen LogP contribution in [-0.2, 0) is 4.74 Å². The van der Waals surface area contributed by atoms with Crippen LogP contribution in [-0.4, -0.2) is 54.2 Å². The molecule has 2 N–H and O–H groups in total. The Bertz CT molecular complexity index is 984. The van der Waals surface area contributed by atoms with Crippen molar-refractivity contribution >= 4 is 16.8 Å². The summed E-state index contributed by atoms with van der Waals surface area (Å²) in [6.07, 6.45) is 3.72. The Hall–Kier alpha value is -2.63. The van der Waals surface area contributed by atoms with E-state index >= 15 is 0 Å². The summed E-state index contributed by atoms with van der Waals surface area (Å²) in [4.78, 5) is 18.8. The van der Waals surface area contributed by atoms with Crippen molar-refractivity contribution in [2.45, 2.75) is 31.0 Å². The van der Waals surface area contributed by atoms with E-state index in [9.17, 15) is 4.79 Å². The number of rotatable bonds is 3. The van der Waals surface area contributed by atoms with Gasteiger partial charge in [-0.1, -0.05) is 48.5 Å². The number of carbonyl (C=O) groups excluding carboxylic acids is 1. The van der Waals surface area contributed by atoms with Crippen LogP contribution in [0.4, 0.5) is 0 Å². The fourth-order valence-electron chi connectivity index (χ4n) is 4.68. The lowest BCUT2D eigenvalue weighted by molar-refractivity contribution is -0.0670. The Labute approximate surface area is 164 Å². The molecule has 0 saturated carbocycles. The summed E-state index contributed by atoms with van der Waals surface area (Å²) in [6.45, 7) is 1.51. The van der Waals surface area contributed by atoms with Gasteiger partial charge in [-0.3, -0.25) is 9.69 Å². The van der Waals surface area contributed by atoms with Crippen LogP contribution >= 0.6 is 0 Å². The van der Waals surface area contributed by atoms with Crippen molar-refractivity contribution in [3.63, 3.8) is 0 Å². The maximum atomic E-state index is 13.1. The number of aromatic amines is 1. The lowest BCUT2D eigenvalue weighted by atomic mass is 9.90. The van der Waals surface area contributed by atoms with E-state index in [1.165, 1.54) is 0 Å². The molecule has 2 fully saturated rings. The van der Waals surface area contributed by atoms with Crippen LogP contribution in [0.1, 0.15) is 23.2 Å². The van der Waals surface area contributed by atoms with Gasteiger partial charge in [0.25, 0.3) is 5.91 Å². The van der Waals surface area contributed by atoms with Crippen molar-refractivity contribution in [2.75, 3.05) is 20.3 Å². The Balaban J connectivity index is 1.40. The van der Waals surface area contributed by atoms with E-state index in [4.69, 9.17) is 4.74 Å². The van der Waals surface area contributed by atoms with E-state index in [-0.39, 0.29) is 11.9 Å². The van der Waals surface area contributed by atoms with Crippen LogP contribution in [0.25, 0.3) is 22.0 Å². The average molecular weight is 375 g/mol. The first-order chi connectivity index (χ1) is 13.7. The number of para-hydroxylation sites is 1. The summed E-state index contributed by atoms with van der Waals surface area (Å²) >= 11 is 0. The largest absolute Gasteiger partial charge is 0.378 e. The normalized spacial score (nSPS) is 25.0. The number of likely N-dealkylation sites (N-methyl/N-ethyl adjacent to an activating group) is 1. The second-order valence-electron chi connectivity index (χ2n) is 7.95. The molecule has 2 saturated heterocycles. The minimum atomic E-state index is 0.00464. The predicted octanol–water partition coefficient (Wildman–Crippen LogP) is 3.43. The molecule has 3 heterocycles. The quantitative estimate of drug-likeness (QED) is 0.737. The van der Waals surface area contributed by atoms with Gasteiger partial charge in [0.05, 0.1) is 24.3 Å². The van der Waals surface area contributed by atoms with Crippen molar-refractivity contribution in [2.24, 2.45) is 0 Å². The third-order valence-corrected chi connectivity index (χ3v) is 6.27. The minimum absolute atomic E-state index is 0.00464. The molecule has 5 nitrogen and oxygen atoms in total. The molecule has 2 aliphatic heterocycles. The molecular formula is C23H25N3O2. The summed E-state index contributed by atoms with van der Waals surface area (Å²) in [7, 11) is 2.17. The van der Waals surface area contributed by atoms with Crippen LogP contribution in [0.5, 0.6) is 0 Å². The molecule has 3 aromatic rings. The highest BCUT2D eigenvalue weighted by Crippen LogP contribution is 2.30. The van der Waals surface area contributed by atoms with Gasteiger partial charge >= 0.3 is 0 Å². The van der Waals surface area contributed by atoms with Crippen LogP contribution in [0.3, 0.4) is 0 Å². The highest BCUT2D eigenvalue weighted by atomic mass is 16.5. The van der Waals surface area contributed by atoms with Crippen molar-refractivity contribution in [3.8, 4) is 11.1 Å². The summed E-state index contributed by atoms with van der Waals surface area (Å²) in [5.41, 5.74) is 3.98. The van der Waals surface area contributed by atoms with E-state index < -0.39 is 0 Å². The molecule has 2 bridgehead atoms. The maximum Gasteiger partial charge on any atom is 0.253 e. The van der Waals surface area contributed by atoms with Crippen molar-refractivity contribution in [3.05, 3.63) is 60.3 Å². The van der Waals surface area contributed by atoms with E-state index in [2.05, 4.69) is 40.4 Å². The number of fused-ring (bicyclic) bond motifs is 3. The number of amides is 1. The third-order valence-electron chi connectivity index (χ3n) is 6.27. The average Bonchev–Trinajstić information content (AvgIpc) is 3.14. The zero-order valence-corrected chi connectivity index (χ0v) is 16.0. The monoisotopic (exact) mass is 375 g/mol. The number of morpholine rings is 1. The number of benzene rings is 2. The number of piperidine rings is 1. The van der Waals surface area contributed by atoms with E-state index in [0.717, 1.165) is 48.1 Å². The number of hydrogen-bond donors (Lipinski definition) is 2. The van der Waals surface area contributed by atoms with Crippen LogP contribution in [0, 0.1) is 0 Å². The van der Waals surface area contributed by atoms with Crippen LogP contribution in [0.15, 0.2) is 54.7 Å². The van der Waals surface area contributed by atoms with Gasteiger partial charge < -0.3 is 15.0 Å². The zero-order chi connectivity index (χ0) is 19.1. The summed E-state index contributed by atoms with van der Waals surface area (Å²) in [5, 5.41) is 4.25. The number of H-pyrrole nitrogens is 1. The Morgan fingerprint density at radius 3 is 2.57 bits per heavy atom. The van der Waals surface area contributed by atoms with Gasteiger partial charge in [-0.15, -0.1) is 0 Å². The zero-order valence-electron chi connectivity index (χ0n) is 16.0. The molecule has 1 amide bonds. The van der Waals surface area contributed by atoms with Gasteiger partial charge in [-0.2, -0.15) is 0 Å². The summed E-state index contributed by atoms with van der Waals surface area (Å²) in [6, 6.07) is 17.4. The Morgan fingerprint density at radius 2 is 1.82 bits per heavy atom. The van der Waals surface area contributed by atoms with E-state index in [0.29, 0.717) is 17.6 Å². The SMILES string of the molecule is CN1[C@@H]2COC[C@H]1C[C@@H](NC(=O)c1c[nH]c3c(-c4ccccc4)cccc13)C2. The first kappa shape index (κ1) is 17.5. The number of carbonyl (C=O) groups is 1. The van der Waals surface area contributed by atoms with Gasteiger partial charge in [0.1, 0.15) is 0 Å². The highest BCUT2D eigenvalue weighted by Gasteiger charge is 2.37. The molecule has 0 spiro atoms. The first-order valence-corrected chi connectivity index (χ1v) is 9.97. The standard InChI is InChI=1S/C23H25N3O2/c1-26-17-10-16(11-18(26)14-28-13-17)25-23(27)21-12-24-22-19(8-5-9-20(21)22)15-6-3-2-4-7-15/h2-9,12,16-18,24H,10-11,13-14H2,1H3,(H,25,27)/t16-,17-,18+. The van der Waals surface area contributed by atoms with Gasteiger partial charge in [0, 0.05) is 35.3 Å². The van der Waals surface area contributed by atoms with Gasteiger partial charge in [0.2, 0.25) is 0 Å². The summed E-state index contributed by atoms with van der Waals surface area (Å²) < 4.78 is 5.69. The maximum absolute atomic E-state index is 13.1. The molecule has 5 heteroatoms. The number of nitrogens with zero attached hydrogens (tertiary/aromatic N) is 1. The van der Waals surface area contributed by atoms with Crippen molar-refractivity contribution < 1.29 is 9.53 Å². The molecule has 2 aliphatic rings. The topological polar surface area (TPSA) is 57.4 Å². The molecular weight excluding hydrogens is 350 g/mol. The number of ether oxygens (including phenoxy) is 1. The molecule has 144 valence electrons. The highest BCUT2D eigenvalue weighted by molar-refractivity contribution is 6.10. The smallest absolute Gasteiger partial charge is 0.253 e. The van der Waals surface area contributed by atoms with Crippen molar-refractivity contribution in [1.29, 1.82) is 0 Å². The lowest BCUT2D eigenvalue weighted by Gasteiger charge is -2.46. The summed E-state index contributed by atoms with van der Waals surface area (Å²) in [5.74, 6) is 0.00464. The van der Waals surface area contributed by atoms with Gasteiger partial charge in [0.15, 0.2) is 0 Å². The number of aromatic nitrogens is 1. The van der Waals surface area contributed by atoms with Crippen molar-refractivity contribution in [1.82, 2.24) is 15.2 Å².